The Morgan fingerprint density at radius 3 is 2.70 bits per heavy atom. The van der Waals surface area contributed by atoms with Gasteiger partial charge in [0.2, 0.25) is 0 Å². The van der Waals surface area contributed by atoms with E-state index in [0.717, 1.165) is 13.0 Å². The van der Waals surface area contributed by atoms with E-state index in [1.165, 1.54) is 15.8 Å². The van der Waals surface area contributed by atoms with E-state index < -0.39 is 0 Å². The average molecular weight is 312 g/mol. The standard InChI is InChI=1S/C16H19ClFNS/c1-3-13-6-8-16(20-13)15(19-4-2)10-11-9-12(17)5-7-14(11)18/h5-9,15,19H,3-4,10H2,1-2H3. The Morgan fingerprint density at radius 1 is 1.25 bits per heavy atom. The highest BCUT2D eigenvalue weighted by Gasteiger charge is 2.16. The van der Waals surface area contributed by atoms with E-state index in [-0.39, 0.29) is 11.9 Å². The number of rotatable bonds is 6. The number of nitrogens with one attached hydrogen (secondary N) is 1. The highest BCUT2D eigenvalue weighted by atomic mass is 35.5. The number of aryl methyl sites for hydroxylation is 1. The fraction of sp³-hybridized carbons (Fsp3) is 0.375. The minimum atomic E-state index is -0.190. The Labute approximate surface area is 128 Å². The van der Waals surface area contributed by atoms with E-state index >= 15 is 0 Å². The molecule has 0 saturated carbocycles. The third kappa shape index (κ3) is 3.81. The molecule has 0 bridgehead atoms. The summed E-state index contributed by atoms with van der Waals surface area (Å²) in [6.07, 6.45) is 1.65. The highest BCUT2D eigenvalue weighted by Crippen LogP contribution is 2.28. The number of thiophene rings is 1. The number of halogens is 2. The fourth-order valence-electron chi connectivity index (χ4n) is 2.21. The Hall–Kier alpha value is -0.900. The van der Waals surface area contributed by atoms with E-state index in [4.69, 9.17) is 11.6 Å². The molecular weight excluding hydrogens is 293 g/mol. The molecule has 1 nitrogen and oxygen atoms in total. The van der Waals surface area contributed by atoms with Crippen LogP contribution in [0.2, 0.25) is 5.02 Å². The zero-order valence-electron chi connectivity index (χ0n) is 11.7. The number of likely N-dealkylation sites (N-methyl/N-ethyl adjacent to an activating group) is 1. The minimum absolute atomic E-state index is 0.137. The molecule has 2 rings (SSSR count). The van der Waals surface area contributed by atoms with E-state index in [9.17, 15) is 4.39 Å². The second-order valence-corrected chi connectivity index (χ2v) is 6.34. The Bertz CT molecular complexity index is 567. The molecule has 1 heterocycles. The van der Waals surface area contributed by atoms with Crippen LogP contribution in [0, 0.1) is 5.82 Å². The van der Waals surface area contributed by atoms with Gasteiger partial charge in [-0.1, -0.05) is 25.4 Å². The molecule has 0 radical (unpaired) electrons. The van der Waals surface area contributed by atoms with Crippen LogP contribution in [0.15, 0.2) is 30.3 Å². The van der Waals surface area contributed by atoms with Crippen LogP contribution in [-0.2, 0) is 12.8 Å². The normalized spacial score (nSPS) is 12.6. The monoisotopic (exact) mass is 311 g/mol. The van der Waals surface area contributed by atoms with Crippen LogP contribution in [0.3, 0.4) is 0 Å². The number of hydrogen-bond donors (Lipinski definition) is 1. The summed E-state index contributed by atoms with van der Waals surface area (Å²) >= 11 is 7.76. The number of benzene rings is 1. The van der Waals surface area contributed by atoms with Crippen molar-refractivity contribution in [2.45, 2.75) is 32.7 Å². The topological polar surface area (TPSA) is 12.0 Å². The van der Waals surface area contributed by atoms with Crippen molar-refractivity contribution in [2.24, 2.45) is 0 Å². The van der Waals surface area contributed by atoms with Crippen molar-refractivity contribution in [1.82, 2.24) is 5.32 Å². The van der Waals surface area contributed by atoms with Gasteiger partial charge in [0.25, 0.3) is 0 Å². The average Bonchev–Trinajstić information content (AvgIpc) is 2.91. The molecule has 1 unspecified atom stereocenters. The van der Waals surface area contributed by atoms with Gasteiger partial charge in [-0.15, -0.1) is 11.3 Å². The van der Waals surface area contributed by atoms with E-state index in [0.29, 0.717) is 17.0 Å². The summed E-state index contributed by atoms with van der Waals surface area (Å²) < 4.78 is 13.9. The first-order chi connectivity index (χ1) is 9.63. The predicted molar refractivity (Wildman–Crippen MR) is 85.2 cm³/mol. The summed E-state index contributed by atoms with van der Waals surface area (Å²) in [5.41, 5.74) is 0.662. The summed E-state index contributed by atoms with van der Waals surface area (Å²) in [5, 5.41) is 4.01. The lowest BCUT2D eigenvalue weighted by molar-refractivity contribution is 0.534. The van der Waals surface area contributed by atoms with E-state index in [1.54, 1.807) is 23.5 Å². The molecule has 108 valence electrons. The molecule has 1 N–H and O–H groups in total. The Morgan fingerprint density at radius 2 is 2.05 bits per heavy atom. The molecule has 1 aromatic carbocycles. The lowest BCUT2D eigenvalue weighted by Crippen LogP contribution is -2.22. The van der Waals surface area contributed by atoms with Crippen molar-refractivity contribution in [1.29, 1.82) is 0 Å². The van der Waals surface area contributed by atoms with Crippen LogP contribution < -0.4 is 5.32 Å². The zero-order valence-corrected chi connectivity index (χ0v) is 13.3. The van der Waals surface area contributed by atoms with Crippen LogP contribution in [0.25, 0.3) is 0 Å². The molecule has 1 aromatic heterocycles. The first-order valence-electron chi connectivity index (χ1n) is 6.90. The third-order valence-corrected chi connectivity index (χ3v) is 4.84. The van der Waals surface area contributed by atoms with Gasteiger partial charge in [0.15, 0.2) is 0 Å². The SMILES string of the molecule is CCNC(Cc1cc(Cl)ccc1F)c1ccc(CC)s1. The van der Waals surface area contributed by atoms with E-state index in [1.807, 2.05) is 0 Å². The van der Waals surface area contributed by atoms with Gasteiger partial charge in [0, 0.05) is 20.8 Å². The highest BCUT2D eigenvalue weighted by molar-refractivity contribution is 7.12. The molecule has 2 aromatic rings. The van der Waals surface area contributed by atoms with Crippen molar-refractivity contribution >= 4 is 22.9 Å². The first-order valence-corrected chi connectivity index (χ1v) is 8.09. The molecule has 1 atom stereocenters. The lowest BCUT2D eigenvalue weighted by Gasteiger charge is -2.17. The first kappa shape index (κ1) is 15.5. The Kier molecular flexibility index (Phi) is 5.58. The van der Waals surface area contributed by atoms with Crippen LogP contribution >= 0.6 is 22.9 Å². The van der Waals surface area contributed by atoms with Crippen LogP contribution in [0.4, 0.5) is 4.39 Å². The second kappa shape index (κ2) is 7.21. The Balaban J connectivity index is 2.22. The van der Waals surface area contributed by atoms with Crippen LogP contribution in [-0.4, -0.2) is 6.54 Å². The summed E-state index contributed by atoms with van der Waals surface area (Å²) in [6, 6.07) is 9.17. The van der Waals surface area contributed by atoms with Gasteiger partial charge in [-0.25, -0.2) is 4.39 Å². The molecule has 0 saturated heterocycles. The van der Waals surface area contributed by atoms with E-state index in [2.05, 4.69) is 31.3 Å². The summed E-state index contributed by atoms with van der Waals surface area (Å²) in [5.74, 6) is -0.190. The number of hydrogen-bond acceptors (Lipinski definition) is 2. The molecular formula is C16H19ClFNS. The lowest BCUT2D eigenvalue weighted by atomic mass is 10.0. The van der Waals surface area contributed by atoms with Crippen molar-refractivity contribution in [3.63, 3.8) is 0 Å². The second-order valence-electron chi connectivity index (χ2n) is 4.71. The van der Waals surface area contributed by atoms with Crippen molar-refractivity contribution in [2.75, 3.05) is 6.54 Å². The summed E-state index contributed by atoms with van der Waals surface area (Å²) in [4.78, 5) is 2.61. The smallest absolute Gasteiger partial charge is 0.126 e. The molecule has 0 spiro atoms. The van der Waals surface area contributed by atoms with Gasteiger partial charge in [0.1, 0.15) is 5.82 Å². The third-order valence-electron chi connectivity index (χ3n) is 3.26. The molecule has 0 fully saturated rings. The van der Waals surface area contributed by atoms with Gasteiger partial charge in [-0.2, -0.15) is 0 Å². The summed E-state index contributed by atoms with van der Waals surface area (Å²) in [7, 11) is 0. The van der Waals surface area contributed by atoms with Gasteiger partial charge in [-0.3, -0.25) is 0 Å². The van der Waals surface area contributed by atoms with Crippen LogP contribution in [0.5, 0.6) is 0 Å². The largest absolute Gasteiger partial charge is 0.309 e. The zero-order chi connectivity index (χ0) is 14.5. The summed E-state index contributed by atoms with van der Waals surface area (Å²) in [6.45, 7) is 5.07. The van der Waals surface area contributed by atoms with Crippen molar-refractivity contribution < 1.29 is 4.39 Å². The maximum atomic E-state index is 13.9. The molecule has 0 aliphatic heterocycles. The van der Waals surface area contributed by atoms with Crippen LogP contribution in [0.1, 0.15) is 35.2 Å². The maximum Gasteiger partial charge on any atom is 0.126 e. The fourth-order valence-corrected chi connectivity index (χ4v) is 3.43. The maximum absolute atomic E-state index is 13.9. The van der Waals surface area contributed by atoms with Gasteiger partial charge >= 0.3 is 0 Å². The van der Waals surface area contributed by atoms with Gasteiger partial charge < -0.3 is 5.32 Å². The molecule has 20 heavy (non-hydrogen) atoms. The quantitative estimate of drug-likeness (QED) is 0.792. The van der Waals surface area contributed by atoms with Gasteiger partial charge in [-0.05, 0) is 55.3 Å². The van der Waals surface area contributed by atoms with Crippen molar-refractivity contribution in [3.05, 3.63) is 56.5 Å². The minimum Gasteiger partial charge on any atom is -0.309 e. The van der Waals surface area contributed by atoms with Crippen molar-refractivity contribution in [3.8, 4) is 0 Å². The molecule has 0 aliphatic rings. The molecule has 0 aliphatic carbocycles. The van der Waals surface area contributed by atoms with Gasteiger partial charge in [0.05, 0.1) is 0 Å². The predicted octanol–water partition coefficient (Wildman–Crippen LogP) is 5.00. The molecule has 4 heteroatoms. The molecule has 0 amide bonds.